The monoisotopic (exact) mass is 435 g/mol. The predicted octanol–water partition coefficient (Wildman–Crippen LogP) is 4.36. The number of aryl methyl sites for hydroxylation is 1. The summed E-state index contributed by atoms with van der Waals surface area (Å²) in [6.07, 6.45) is 6.18. The molecule has 3 amide bonds. The van der Waals surface area contributed by atoms with Crippen LogP contribution in [0.4, 0.5) is 16.2 Å². The second-order valence-electron chi connectivity index (χ2n) is 7.31. The third kappa shape index (κ3) is 6.87. The number of carbonyl (C=O) groups is 2. The summed E-state index contributed by atoms with van der Waals surface area (Å²) in [5, 5.41) is 5.68. The summed E-state index contributed by atoms with van der Waals surface area (Å²) >= 11 is 0. The Labute approximate surface area is 188 Å². The summed E-state index contributed by atoms with van der Waals surface area (Å²) in [5.74, 6) is 0.609. The Morgan fingerprint density at radius 2 is 1.88 bits per heavy atom. The molecule has 0 aliphatic heterocycles. The number of rotatable bonds is 10. The summed E-state index contributed by atoms with van der Waals surface area (Å²) < 4.78 is 7.73. The summed E-state index contributed by atoms with van der Waals surface area (Å²) in [6, 6.07) is 14.6. The molecular weight excluding hydrogens is 406 g/mol. The number of ether oxygens (including phenoxy) is 1. The van der Waals surface area contributed by atoms with Gasteiger partial charge in [-0.1, -0.05) is 24.3 Å². The Morgan fingerprint density at radius 3 is 2.59 bits per heavy atom. The number of amides is 3. The molecule has 0 fully saturated rings. The van der Waals surface area contributed by atoms with Gasteiger partial charge in [-0.25, -0.2) is 9.78 Å². The van der Waals surface area contributed by atoms with Crippen molar-refractivity contribution in [1.82, 2.24) is 14.5 Å². The second kappa shape index (κ2) is 11.5. The SMILES string of the molecule is CCOc1ccccc1CN(CCCn1ccnc1)C(=O)Nc1cccc(NC(C)=O)c1. The Kier molecular flexibility index (Phi) is 8.25. The zero-order valence-electron chi connectivity index (χ0n) is 18.5. The van der Waals surface area contributed by atoms with Gasteiger partial charge in [-0.3, -0.25) is 4.79 Å². The summed E-state index contributed by atoms with van der Waals surface area (Å²) in [6.45, 7) is 5.67. The van der Waals surface area contributed by atoms with E-state index in [1.807, 2.05) is 42.0 Å². The van der Waals surface area contributed by atoms with E-state index >= 15 is 0 Å². The van der Waals surface area contributed by atoms with Crippen LogP contribution in [0.1, 0.15) is 25.8 Å². The molecule has 8 heteroatoms. The third-order valence-corrected chi connectivity index (χ3v) is 4.76. The van der Waals surface area contributed by atoms with Crippen LogP contribution in [0.3, 0.4) is 0 Å². The molecule has 2 N–H and O–H groups in total. The molecule has 2 aromatic carbocycles. The lowest BCUT2D eigenvalue weighted by Crippen LogP contribution is -2.35. The number of urea groups is 1. The van der Waals surface area contributed by atoms with Crippen LogP contribution in [0, 0.1) is 0 Å². The summed E-state index contributed by atoms with van der Waals surface area (Å²) in [4.78, 5) is 30.3. The molecule has 0 saturated carbocycles. The van der Waals surface area contributed by atoms with Gasteiger partial charge >= 0.3 is 6.03 Å². The topological polar surface area (TPSA) is 88.5 Å². The Bertz CT molecular complexity index is 1020. The maximum Gasteiger partial charge on any atom is 0.322 e. The van der Waals surface area contributed by atoms with E-state index < -0.39 is 0 Å². The van der Waals surface area contributed by atoms with Crippen molar-refractivity contribution in [3.63, 3.8) is 0 Å². The fourth-order valence-corrected chi connectivity index (χ4v) is 3.33. The molecule has 0 aliphatic rings. The van der Waals surface area contributed by atoms with E-state index in [9.17, 15) is 9.59 Å². The highest BCUT2D eigenvalue weighted by Gasteiger charge is 2.16. The minimum absolute atomic E-state index is 0.165. The summed E-state index contributed by atoms with van der Waals surface area (Å²) in [5.41, 5.74) is 2.18. The van der Waals surface area contributed by atoms with E-state index in [1.165, 1.54) is 6.92 Å². The molecule has 3 aromatic rings. The Morgan fingerprint density at radius 1 is 1.09 bits per heavy atom. The number of hydrogen-bond donors (Lipinski definition) is 2. The number of benzene rings is 2. The van der Waals surface area contributed by atoms with Crippen LogP contribution >= 0.6 is 0 Å². The van der Waals surface area contributed by atoms with Gasteiger partial charge in [0.05, 0.1) is 19.5 Å². The largest absolute Gasteiger partial charge is 0.494 e. The average Bonchev–Trinajstić information content (AvgIpc) is 3.28. The molecule has 3 rings (SSSR count). The van der Waals surface area contributed by atoms with Crippen molar-refractivity contribution >= 4 is 23.3 Å². The van der Waals surface area contributed by atoms with Crippen molar-refractivity contribution in [1.29, 1.82) is 0 Å². The maximum atomic E-state index is 13.2. The van der Waals surface area contributed by atoms with Crippen LogP contribution in [0.15, 0.2) is 67.3 Å². The molecule has 1 heterocycles. The van der Waals surface area contributed by atoms with E-state index in [2.05, 4.69) is 15.6 Å². The van der Waals surface area contributed by atoms with Crippen LogP contribution in [0.5, 0.6) is 5.75 Å². The second-order valence-corrected chi connectivity index (χ2v) is 7.31. The minimum Gasteiger partial charge on any atom is -0.494 e. The number of hydrogen-bond acceptors (Lipinski definition) is 4. The first-order valence-corrected chi connectivity index (χ1v) is 10.6. The van der Waals surface area contributed by atoms with Crippen molar-refractivity contribution in [2.24, 2.45) is 0 Å². The quantitative estimate of drug-likeness (QED) is 0.495. The third-order valence-electron chi connectivity index (χ3n) is 4.76. The lowest BCUT2D eigenvalue weighted by molar-refractivity contribution is -0.114. The van der Waals surface area contributed by atoms with E-state index in [0.717, 1.165) is 24.3 Å². The average molecular weight is 436 g/mol. The predicted molar refractivity (Wildman–Crippen MR) is 125 cm³/mol. The fourth-order valence-electron chi connectivity index (χ4n) is 3.33. The number of para-hydroxylation sites is 1. The van der Waals surface area contributed by atoms with E-state index in [1.54, 1.807) is 41.7 Å². The van der Waals surface area contributed by atoms with Crippen LogP contribution in [0.25, 0.3) is 0 Å². The molecule has 168 valence electrons. The van der Waals surface area contributed by atoms with Crippen molar-refractivity contribution in [3.05, 3.63) is 72.8 Å². The first-order valence-electron chi connectivity index (χ1n) is 10.6. The van der Waals surface area contributed by atoms with Gasteiger partial charge in [-0.05, 0) is 37.6 Å². The van der Waals surface area contributed by atoms with Crippen LogP contribution in [-0.2, 0) is 17.9 Å². The Hall–Kier alpha value is -3.81. The Balaban J connectivity index is 1.73. The number of imidazole rings is 1. The normalized spacial score (nSPS) is 10.4. The van der Waals surface area contributed by atoms with E-state index in [0.29, 0.717) is 31.1 Å². The van der Waals surface area contributed by atoms with Gasteiger partial charge in [0, 0.05) is 49.3 Å². The first kappa shape index (κ1) is 22.9. The number of carbonyl (C=O) groups excluding carboxylic acids is 2. The van der Waals surface area contributed by atoms with Gasteiger partial charge in [0.1, 0.15) is 5.75 Å². The number of aromatic nitrogens is 2. The van der Waals surface area contributed by atoms with E-state index in [-0.39, 0.29) is 11.9 Å². The molecule has 1 aromatic heterocycles. The molecule has 0 saturated heterocycles. The van der Waals surface area contributed by atoms with Crippen LogP contribution < -0.4 is 15.4 Å². The molecule has 8 nitrogen and oxygen atoms in total. The molecule has 0 atom stereocenters. The van der Waals surface area contributed by atoms with Gasteiger partial charge in [0.2, 0.25) is 5.91 Å². The van der Waals surface area contributed by atoms with Crippen LogP contribution in [-0.4, -0.2) is 39.5 Å². The number of nitrogens with zero attached hydrogens (tertiary/aromatic N) is 3. The van der Waals surface area contributed by atoms with Gasteiger partial charge in [0.15, 0.2) is 0 Å². The fraction of sp³-hybridized carbons (Fsp3) is 0.292. The maximum absolute atomic E-state index is 13.2. The van der Waals surface area contributed by atoms with Crippen LogP contribution in [0.2, 0.25) is 0 Å². The van der Waals surface area contributed by atoms with Gasteiger partial charge in [-0.2, -0.15) is 0 Å². The summed E-state index contributed by atoms with van der Waals surface area (Å²) in [7, 11) is 0. The molecule has 0 radical (unpaired) electrons. The van der Waals surface area contributed by atoms with Gasteiger partial charge in [-0.15, -0.1) is 0 Å². The molecule has 0 bridgehead atoms. The molecule has 0 unspecified atom stereocenters. The van der Waals surface area contributed by atoms with Crippen molar-refractivity contribution in [2.45, 2.75) is 33.4 Å². The number of nitrogens with one attached hydrogen (secondary N) is 2. The standard InChI is InChI=1S/C24H29N5O3/c1-3-32-23-11-5-4-8-20(23)17-29(14-7-13-28-15-12-25-18-28)24(31)27-22-10-6-9-21(16-22)26-19(2)30/h4-6,8-12,15-16,18H,3,7,13-14,17H2,1-2H3,(H,26,30)(H,27,31). The van der Waals surface area contributed by atoms with Crippen molar-refractivity contribution in [2.75, 3.05) is 23.8 Å². The smallest absolute Gasteiger partial charge is 0.322 e. The van der Waals surface area contributed by atoms with Gasteiger partial charge < -0.3 is 24.8 Å². The lowest BCUT2D eigenvalue weighted by Gasteiger charge is -2.24. The molecule has 0 aliphatic carbocycles. The van der Waals surface area contributed by atoms with E-state index in [4.69, 9.17) is 4.74 Å². The zero-order valence-corrected chi connectivity index (χ0v) is 18.5. The van der Waals surface area contributed by atoms with Crippen molar-refractivity contribution in [3.8, 4) is 5.75 Å². The lowest BCUT2D eigenvalue weighted by atomic mass is 10.2. The highest BCUT2D eigenvalue weighted by atomic mass is 16.5. The van der Waals surface area contributed by atoms with Gasteiger partial charge in [0.25, 0.3) is 0 Å². The number of anilines is 2. The highest BCUT2D eigenvalue weighted by Crippen LogP contribution is 2.21. The highest BCUT2D eigenvalue weighted by molar-refractivity contribution is 5.92. The van der Waals surface area contributed by atoms with Crippen molar-refractivity contribution < 1.29 is 14.3 Å². The first-order chi connectivity index (χ1) is 15.5. The zero-order chi connectivity index (χ0) is 22.8. The molecule has 0 spiro atoms. The molecule has 32 heavy (non-hydrogen) atoms. The molecular formula is C24H29N5O3. The minimum atomic E-state index is -0.220.